The van der Waals surface area contributed by atoms with Crippen molar-refractivity contribution in [3.05, 3.63) is 60.5 Å². The highest BCUT2D eigenvalue weighted by molar-refractivity contribution is 5.95. The number of rotatable bonds is 3. The van der Waals surface area contributed by atoms with Crippen LogP contribution in [0.25, 0.3) is 27.9 Å². The molecule has 2 aromatic carbocycles. The summed E-state index contributed by atoms with van der Waals surface area (Å²) < 4.78 is 6.96. The van der Waals surface area contributed by atoms with Crippen LogP contribution in [0.2, 0.25) is 0 Å². The van der Waals surface area contributed by atoms with Crippen molar-refractivity contribution in [2.24, 2.45) is 0 Å². The summed E-state index contributed by atoms with van der Waals surface area (Å²) in [5.41, 5.74) is 1.36. The second-order valence-corrected chi connectivity index (χ2v) is 4.98. The first-order chi connectivity index (χ1) is 11.3. The van der Waals surface area contributed by atoms with Crippen LogP contribution < -0.4 is 0 Å². The molecule has 2 aromatic heterocycles. The van der Waals surface area contributed by atoms with Crippen molar-refractivity contribution in [3.8, 4) is 22.9 Å². The van der Waals surface area contributed by atoms with Gasteiger partial charge in [0.2, 0.25) is 0 Å². The van der Waals surface area contributed by atoms with Gasteiger partial charge >= 0.3 is 0 Å². The fraction of sp³-hybridized carbons (Fsp3) is 0. The standard InChI is InChI=1S/C17H11N3O3/c21-10-13-17(16-8-3-9-23-16)20(19-18-13)14-6-1-5-12-11(14)4-2-7-15(12)22/h1-10,22H. The maximum Gasteiger partial charge on any atom is 0.172 e. The molecule has 0 unspecified atom stereocenters. The molecule has 0 bridgehead atoms. The van der Waals surface area contributed by atoms with Gasteiger partial charge in [0.1, 0.15) is 11.4 Å². The molecule has 0 aliphatic carbocycles. The van der Waals surface area contributed by atoms with Crippen LogP contribution in [0.4, 0.5) is 0 Å². The summed E-state index contributed by atoms with van der Waals surface area (Å²) in [6.45, 7) is 0. The molecular weight excluding hydrogens is 294 g/mol. The second kappa shape index (κ2) is 5.10. The first kappa shape index (κ1) is 13.3. The average molecular weight is 305 g/mol. The van der Waals surface area contributed by atoms with Gasteiger partial charge in [-0.3, -0.25) is 4.79 Å². The van der Waals surface area contributed by atoms with E-state index in [-0.39, 0.29) is 11.4 Å². The zero-order valence-electron chi connectivity index (χ0n) is 11.9. The van der Waals surface area contributed by atoms with Crippen molar-refractivity contribution >= 4 is 17.1 Å². The van der Waals surface area contributed by atoms with Crippen LogP contribution in [0.5, 0.6) is 5.75 Å². The smallest absolute Gasteiger partial charge is 0.172 e. The Hall–Kier alpha value is -3.41. The number of phenolic OH excluding ortho intramolecular Hbond substituents is 1. The predicted octanol–water partition coefficient (Wildman–Crippen LogP) is 3.20. The number of carbonyl (C=O) groups is 1. The van der Waals surface area contributed by atoms with E-state index in [1.165, 1.54) is 6.26 Å². The number of nitrogens with zero attached hydrogens (tertiary/aromatic N) is 3. The SMILES string of the molecule is O=Cc1nnn(-c2cccc3c(O)cccc23)c1-c1ccco1. The van der Waals surface area contributed by atoms with Gasteiger partial charge in [0.25, 0.3) is 0 Å². The monoisotopic (exact) mass is 305 g/mol. The quantitative estimate of drug-likeness (QED) is 0.588. The summed E-state index contributed by atoms with van der Waals surface area (Å²) >= 11 is 0. The van der Waals surface area contributed by atoms with E-state index in [4.69, 9.17) is 4.42 Å². The van der Waals surface area contributed by atoms with Gasteiger partial charge in [0.05, 0.1) is 12.0 Å². The lowest BCUT2D eigenvalue weighted by atomic mass is 10.1. The third-order valence-electron chi connectivity index (χ3n) is 3.67. The van der Waals surface area contributed by atoms with Gasteiger partial charge in [-0.25, -0.2) is 4.68 Å². The Labute approximate surface area is 130 Å². The molecule has 23 heavy (non-hydrogen) atoms. The molecule has 112 valence electrons. The lowest BCUT2D eigenvalue weighted by Crippen LogP contribution is -2.00. The van der Waals surface area contributed by atoms with Crippen LogP contribution in [-0.2, 0) is 0 Å². The van der Waals surface area contributed by atoms with E-state index in [1.807, 2.05) is 24.3 Å². The minimum atomic E-state index is 0.180. The van der Waals surface area contributed by atoms with Gasteiger partial charge in [0.15, 0.2) is 17.7 Å². The van der Waals surface area contributed by atoms with E-state index >= 15 is 0 Å². The Morgan fingerprint density at radius 2 is 1.87 bits per heavy atom. The lowest BCUT2D eigenvalue weighted by Gasteiger charge is -2.09. The number of aromatic nitrogens is 3. The Kier molecular flexibility index (Phi) is 2.94. The highest BCUT2D eigenvalue weighted by Gasteiger charge is 2.19. The van der Waals surface area contributed by atoms with Crippen molar-refractivity contribution < 1.29 is 14.3 Å². The summed E-state index contributed by atoms with van der Waals surface area (Å²) in [5, 5.41) is 19.5. The van der Waals surface area contributed by atoms with Gasteiger partial charge in [0, 0.05) is 10.8 Å². The number of furan rings is 1. The van der Waals surface area contributed by atoms with Gasteiger partial charge in [-0.2, -0.15) is 0 Å². The van der Waals surface area contributed by atoms with Gasteiger partial charge < -0.3 is 9.52 Å². The highest BCUT2D eigenvalue weighted by Crippen LogP contribution is 2.32. The molecule has 4 rings (SSSR count). The normalized spacial score (nSPS) is 11.0. The number of hydrogen-bond acceptors (Lipinski definition) is 5. The van der Waals surface area contributed by atoms with E-state index in [0.717, 1.165) is 5.39 Å². The minimum Gasteiger partial charge on any atom is -0.507 e. The summed E-state index contributed by atoms with van der Waals surface area (Å²) in [6, 6.07) is 14.2. The number of aromatic hydroxyl groups is 1. The fourth-order valence-electron chi connectivity index (χ4n) is 2.65. The van der Waals surface area contributed by atoms with Crippen LogP contribution in [0.1, 0.15) is 10.5 Å². The van der Waals surface area contributed by atoms with Crippen LogP contribution in [-0.4, -0.2) is 26.4 Å². The van der Waals surface area contributed by atoms with Crippen molar-refractivity contribution in [3.63, 3.8) is 0 Å². The fourth-order valence-corrected chi connectivity index (χ4v) is 2.65. The zero-order chi connectivity index (χ0) is 15.8. The molecule has 0 amide bonds. The molecule has 0 radical (unpaired) electrons. The number of benzene rings is 2. The Morgan fingerprint density at radius 1 is 1.04 bits per heavy atom. The molecule has 0 fully saturated rings. The van der Waals surface area contributed by atoms with Gasteiger partial charge in [-0.1, -0.05) is 29.5 Å². The molecule has 4 aromatic rings. The molecule has 2 heterocycles. The molecule has 0 atom stereocenters. The van der Waals surface area contributed by atoms with E-state index in [2.05, 4.69) is 10.3 Å². The molecular formula is C17H11N3O3. The van der Waals surface area contributed by atoms with Crippen molar-refractivity contribution in [2.45, 2.75) is 0 Å². The minimum absolute atomic E-state index is 0.180. The van der Waals surface area contributed by atoms with Crippen molar-refractivity contribution in [1.82, 2.24) is 15.0 Å². The molecule has 0 aliphatic heterocycles. The van der Waals surface area contributed by atoms with Crippen LogP contribution in [0, 0.1) is 0 Å². The average Bonchev–Trinajstić information content (AvgIpc) is 3.23. The predicted molar refractivity (Wildman–Crippen MR) is 83.6 cm³/mol. The number of fused-ring (bicyclic) bond motifs is 1. The summed E-state index contributed by atoms with van der Waals surface area (Å²) in [4.78, 5) is 11.3. The molecule has 0 saturated carbocycles. The van der Waals surface area contributed by atoms with Crippen LogP contribution in [0.3, 0.4) is 0 Å². The summed E-state index contributed by atoms with van der Waals surface area (Å²) in [5.74, 6) is 0.675. The highest BCUT2D eigenvalue weighted by atomic mass is 16.3. The third kappa shape index (κ3) is 2.00. The maximum atomic E-state index is 11.3. The first-order valence-corrected chi connectivity index (χ1v) is 6.95. The molecule has 0 saturated heterocycles. The zero-order valence-corrected chi connectivity index (χ0v) is 11.9. The Morgan fingerprint density at radius 3 is 2.65 bits per heavy atom. The van der Waals surface area contributed by atoms with Crippen LogP contribution in [0.15, 0.2) is 59.2 Å². The van der Waals surface area contributed by atoms with E-state index in [0.29, 0.717) is 28.8 Å². The number of aldehydes is 1. The lowest BCUT2D eigenvalue weighted by molar-refractivity contribution is 0.111. The molecule has 6 nitrogen and oxygen atoms in total. The van der Waals surface area contributed by atoms with Crippen molar-refractivity contribution in [2.75, 3.05) is 0 Å². The second-order valence-electron chi connectivity index (χ2n) is 4.98. The van der Waals surface area contributed by atoms with E-state index < -0.39 is 0 Å². The number of phenols is 1. The topological polar surface area (TPSA) is 81.2 Å². The third-order valence-corrected chi connectivity index (χ3v) is 3.67. The van der Waals surface area contributed by atoms with E-state index in [1.54, 1.807) is 28.9 Å². The first-order valence-electron chi connectivity index (χ1n) is 6.95. The largest absolute Gasteiger partial charge is 0.507 e. The van der Waals surface area contributed by atoms with E-state index in [9.17, 15) is 9.90 Å². The van der Waals surface area contributed by atoms with Gasteiger partial charge in [-0.15, -0.1) is 5.10 Å². The summed E-state index contributed by atoms with van der Waals surface area (Å²) in [7, 11) is 0. The Bertz CT molecular complexity index is 1000. The Balaban J connectivity index is 2.05. The van der Waals surface area contributed by atoms with Crippen molar-refractivity contribution in [1.29, 1.82) is 0 Å². The molecule has 0 aliphatic rings. The molecule has 6 heteroatoms. The maximum absolute atomic E-state index is 11.3. The number of carbonyl (C=O) groups excluding carboxylic acids is 1. The molecule has 0 spiro atoms. The van der Waals surface area contributed by atoms with Crippen LogP contribution >= 0.6 is 0 Å². The van der Waals surface area contributed by atoms with Gasteiger partial charge in [-0.05, 0) is 24.3 Å². The molecule has 1 N–H and O–H groups in total. The number of hydrogen-bond donors (Lipinski definition) is 1. The summed E-state index contributed by atoms with van der Waals surface area (Å²) in [6.07, 6.45) is 2.17.